The molecule has 1 atom stereocenters. The molecule has 0 aliphatic rings. The molecule has 23 heavy (non-hydrogen) atoms. The van der Waals surface area contributed by atoms with Gasteiger partial charge in [0.15, 0.2) is 0 Å². The Morgan fingerprint density at radius 1 is 1.17 bits per heavy atom. The molecule has 0 heterocycles. The van der Waals surface area contributed by atoms with Crippen LogP contribution < -0.4 is 5.32 Å². The van der Waals surface area contributed by atoms with Crippen LogP contribution in [0, 0.1) is 6.92 Å². The Bertz CT molecular complexity index is 546. The number of alkyl carbamates (subject to hydrolysis) is 1. The third-order valence-corrected chi connectivity index (χ3v) is 3.01. The van der Waals surface area contributed by atoms with Crippen LogP contribution in [0.3, 0.4) is 0 Å². The van der Waals surface area contributed by atoms with Crippen molar-refractivity contribution in [3.63, 3.8) is 0 Å². The lowest BCUT2D eigenvalue weighted by Crippen LogP contribution is -2.46. The Morgan fingerprint density at radius 2 is 1.78 bits per heavy atom. The van der Waals surface area contributed by atoms with Crippen molar-refractivity contribution in [3.05, 3.63) is 35.4 Å². The number of carbonyl (C=O) groups excluding carboxylic acids is 2. The summed E-state index contributed by atoms with van der Waals surface area (Å²) >= 11 is 0. The van der Waals surface area contributed by atoms with Crippen molar-refractivity contribution < 1.29 is 19.1 Å². The molecular formula is C18H27NO4. The summed E-state index contributed by atoms with van der Waals surface area (Å²) in [5.41, 5.74) is 1.41. The van der Waals surface area contributed by atoms with Crippen molar-refractivity contribution in [3.8, 4) is 0 Å². The number of hydrogen-bond donors (Lipinski definition) is 1. The minimum atomic E-state index is -0.784. The predicted octanol–water partition coefficient (Wildman–Crippen LogP) is 3.38. The molecule has 1 N–H and O–H groups in total. The summed E-state index contributed by atoms with van der Waals surface area (Å²) in [4.78, 5) is 24.3. The zero-order chi connectivity index (χ0) is 17.6. The molecule has 0 saturated heterocycles. The van der Waals surface area contributed by atoms with E-state index in [9.17, 15) is 9.59 Å². The highest BCUT2D eigenvalue weighted by Gasteiger charge is 2.26. The van der Waals surface area contributed by atoms with Gasteiger partial charge in [0.1, 0.15) is 11.6 Å². The van der Waals surface area contributed by atoms with Gasteiger partial charge in [-0.15, -0.1) is 0 Å². The molecule has 1 aromatic rings. The SMILES string of the molecule is Cc1ccccc1CC(NC(=O)OC(C)(C)C)C(=O)OC(C)C. The topological polar surface area (TPSA) is 64.6 Å². The fraction of sp³-hybridized carbons (Fsp3) is 0.556. The molecule has 0 radical (unpaired) electrons. The van der Waals surface area contributed by atoms with Crippen LogP contribution in [-0.4, -0.2) is 29.8 Å². The van der Waals surface area contributed by atoms with Gasteiger partial charge in [0.2, 0.25) is 0 Å². The van der Waals surface area contributed by atoms with Crippen LogP contribution in [0.2, 0.25) is 0 Å². The van der Waals surface area contributed by atoms with E-state index in [4.69, 9.17) is 9.47 Å². The first-order valence-electron chi connectivity index (χ1n) is 7.83. The second-order valence-corrected chi connectivity index (χ2v) is 6.82. The van der Waals surface area contributed by atoms with Gasteiger partial charge in [-0.1, -0.05) is 24.3 Å². The molecule has 0 aliphatic carbocycles. The zero-order valence-corrected chi connectivity index (χ0v) is 14.8. The molecule has 0 fully saturated rings. The first-order chi connectivity index (χ1) is 10.6. The fourth-order valence-electron chi connectivity index (χ4n) is 2.02. The number of hydrogen-bond acceptors (Lipinski definition) is 4. The van der Waals surface area contributed by atoms with Crippen molar-refractivity contribution >= 4 is 12.1 Å². The number of ether oxygens (including phenoxy) is 2. The lowest BCUT2D eigenvalue weighted by molar-refractivity contribution is -0.149. The molecule has 0 saturated carbocycles. The maximum atomic E-state index is 12.3. The van der Waals surface area contributed by atoms with Crippen LogP contribution in [0.1, 0.15) is 45.7 Å². The first-order valence-corrected chi connectivity index (χ1v) is 7.83. The molecule has 0 spiro atoms. The molecule has 0 aromatic heterocycles. The number of rotatable bonds is 5. The minimum Gasteiger partial charge on any atom is -0.461 e. The highest BCUT2D eigenvalue weighted by molar-refractivity contribution is 5.82. The number of amides is 1. The third kappa shape index (κ3) is 7.17. The summed E-state index contributed by atoms with van der Waals surface area (Å²) in [5.74, 6) is -0.464. The number of carbonyl (C=O) groups is 2. The Balaban J connectivity index is 2.87. The lowest BCUT2D eigenvalue weighted by atomic mass is 10.0. The maximum absolute atomic E-state index is 12.3. The Kier molecular flexibility index (Phi) is 6.61. The summed E-state index contributed by atoms with van der Waals surface area (Å²) in [5, 5.41) is 2.62. The highest BCUT2D eigenvalue weighted by Crippen LogP contribution is 2.12. The van der Waals surface area contributed by atoms with Crippen molar-refractivity contribution in [1.29, 1.82) is 0 Å². The molecule has 1 aromatic carbocycles. The van der Waals surface area contributed by atoms with E-state index in [0.29, 0.717) is 6.42 Å². The van der Waals surface area contributed by atoms with E-state index in [1.165, 1.54) is 0 Å². The van der Waals surface area contributed by atoms with Crippen LogP contribution in [-0.2, 0) is 20.7 Å². The number of benzene rings is 1. The van der Waals surface area contributed by atoms with Gasteiger partial charge in [0.05, 0.1) is 6.10 Å². The summed E-state index contributed by atoms with van der Waals surface area (Å²) in [6, 6.07) is 6.95. The van der Waals surface area contributed by atoms with E-state index < -0.39 is 23.7 Å². The van der Waals surface area contributed by atoms with Gasteiger partial charge >= 0.3 is 12.1 Å². The van der Waals surface area contributed by atoms with Gasteiger partial charge in [-0.05, 0) is 52.7 Å². The molecule has 1 rings (SSSR count). The van der Waals surface area contributed by atoms with E-state index in [1.807, 2.05) is 31.2 Å². The van der Waals surface area contributed by atoms with E-state index in [-0.39, 0.29) is 6.10 Å². The summed E-state index contributed by atoms with van der Waals surface area (Å²) in [6.07, 6.45) is -0.517. The van der Waals surface area contributed by atoms with Crippen molar-refractivity contribution in [2.75, 3.05) is 0 Å². The molecule has 5 nitrogen and oxygen atoms in total. The zero-order valence-electron chi connectivity index (χ0n) is 14.8. The van der Waals surface area contributed by atoms with Crippen LogP contribution in [0.15, 0.2) is 24.3 Å². The molecular weight excluding hydrogens is 294 g/mol. The summed E-state index contributed by atoms with van der Waals surface area (Å²) < 4.78 is 10.5. The summed E-state index contributed by atoms with van der Waals surface area (Å²) in [7, 11) is 0. The average molecular weight is 321 g/mol. The summed E-state index contributed by atoms with van der Waals surface area (Å²) in [6.45, 7) is 10.8. The lowest BCUT2D eigenvalue weighted by Gasteiger charge is -2.24. The van der Waals surface area contributed by atoms with Crippen LogP contribution >= 0.6 is 0 Å². The molecule has 0 bridgehead atoms. The Morgan fingerprint density at radius 3 is 2.30 bits per heavy atom. The molecule has 0 aliphatic heterocycles. The van der Waals surface area contributed by atoms with Gasteiger partial charge in [0, 0.05) is 6.42 Å². The Hall–Kier alpha value is -2.04. The normalized spacial score (nSPS) is 12.7. The quantitative estimate of drug-likeness (QED) is 0.844. The van der Waals surface area contributed by atoms with Gasteiger partial charge < -0.3 is 14.8 Å². The molecule has 128 valence electrons. The van der Waals surface area contributed by atoms with Gasteiger partial charge in [-0.2, -0.15) is 0 Å². The molecule has 5 heteroatoms. The maximum Gasteiger partial charge on any atom is 0.408 e. The third-order valence-electron chi connectivity index (χ3n) is 3.01. The van der Waals surface area contributed by atoms with Gasteiger partial charge in [-0.3, -0.25) is 0 Å². The smallest absolute Gasteiger partial charge is 0.408 e. The minimum absolute atomic E-state index is 0.248. The van der Waals surface area contributed by atoms with Crippen LogP contribution in [0.5, 0.6) is 0 Å². The van der Waals surface area contributed by atoms with Crippen LogP contribution in [0.4, 0.5) is 4.79 Å². The number of nitrogens with one attached hydrogen (secondary N) is 1. The molecule has 1 unspecified atom stereocenters. The van der Waals surface area contributed by atoms with E-state index in [0.717, 1.165) is 11.1 Å². The average Bonchev–Trinajstić information content (AvgIpc) is 2.37. The second kappa shape index (κ2) is 7.99. The highest BCUT2D eigenvalue weighted by atomic mass is 16.6. The monoisotopic (exact) mass is 321 g/mol. The fourth-order valence-corrected chi connectivity index (χ4v) is 2.02. The van der Waals surface area contributed by atoms with Crippen molar-refractivity contribution in [1.82, 2.24) is 5.32 Å². The molecule has 1 amide bonds. The standard InChI is InChI=1S/C18H27NO4/c1-12(2)22-16(20)15(19-17(21)23-18(4,5)6)11-14-10-8-7-9-13(14)3/h7-10,12,15H,11H2,1-6H3,(H,19,21). The van der Waals surface area contributed by atoms with Crippen molar-refractivity contribution in [2.24, 2.45) is 0 Å². The van der Waals surface area contributed by atoms with E-state index >= 15 is 0 Å². The Labute approximate surface area is 138 Å². The second-order valence-electron chi connectivity index (χ2n) is 6.82. The number of esters is 1. The van der Waals surface area contributed by atoms with E-state index in [1.54, 1.807) is 34.6 Å². The predicted molar refractivity (Wildman–Crippen MR) is 89.3 cm³/mol. The van der Waals surface area contributed by atoms with Crippen molar-refractivity contribution in [2.45, 2.75) is 65.7 Å². The largest absolute Gasteiger partial charge is 0.461 e. The van der Waals surface area contributed by atoms with Gasteiger partial charge in [-0.25, -0.2) is 9.59 Å². The van der Waals surface area contributed by atoms with E-state index in [2.05, 4.69) is 5.32 Å². The number of aryl methyl sites for hydroxylation is 1. The first kappa shape index (κ1) is 19.0. The van der Waals surface area contributed by atoms with Crippen LogP contribution in [0.25, 0.3) is 0 Å². The van der Waals surface area contributed by atoms with Gasteiger partial charge in [0.25, 0.3) is 0 Å².